The van der Waals surface area contributed by atoms with Gasteiger partial charge in [-0.3, -0.25) is 4.68 Å². The molecule has 0 aliphatic heterocycles. The van der Waals surface area contributed by atoms with Gasteiger partial charge in [0.25, 0.3) is 0 Å². The second-order valence-corrected chi connectivity index (χ2v) is 6.77. The van der Waals surface area contributed by atoms with Crippen LogP contribution in [0.5, 0.6) is 0 Å². The molecule has 2 aromatic heterocycles. The Morgan fingerprint density at radius 3 is 2.78 bits per heavy atom. The fraction of sp³-hybridized carbons (Fsp3) is 0.417. The zero-order valence-corrected chi connectivity index (χ0v) is 14.3. The SMILES string of the molecule is CCCNC(c1cc(Br)cs1)c1c(Br)cnn1C. The van der Waals surface area contributed by atoms with Crippen molar-refractivity contribution in [1.82, 2.24) is 15.1 Å². The molecule has 0 amide bonds. The molecular weight excluding hydrogens is 378 g/mol. The highest BCUT2D eigenvalue weighted by molar-refractivity contribution is 9.10. The predicted octanol–water partition coefficient (Wildman–Crippen LogP) is 4.10. The first-order valence-electron chi connectivity index (χ1n) is 5.78. The topological polar surface area (TPSA) is 29.9 Å². The Kier molecular flexibility index (Phi) is 5.00. The average Bonchev–Trinajstić information content (AvgIpc) is 2.90. The van der Waals surface area contributed by atoms with Crippen molar-refractivity contribution >= 4 is 43.2 Å². The summed E-state index contributed by atoms with van der Waals surface area (Å²) < 4.78 is 4.10. The van der Waals surface area contributed by atoms with Crippen molar-refractivity contribution in [2.24, 2.45) is 7.05 Å². The Bertz CT molecular complexity index is 502. The Hall–Kier alpha value is -0.170. The van der Waals surface area contributed by atoms with Gasteiger partial charge in [-0.1, -0.05) is 6.92 Å². The maximum atomic E-state index is 4.30. The predicted molar refractivity (Wildman–Crippen MR) is 83.1 cm³/mol. The maximum Gasteiger partial charge on any atom is 0.0853 e. The summed E-state index contributed by atoms with van der Waals surface area (Å²) >= 11 is 8.85. The van der Waals surface area contributed by atoms with Crippen molar-refractivity contribution in [3.8, 4) is 0 Å². The molecule has 0 radical (unpaired) electrons. The maximum absolute atomic E-state index is 4.30. The fourth-order valence-electron chi connectivity index (χ4n) is 1.85. The fourth-order valence-corrected chi connectivity index (χ4v) is 3.94. The molecule has 0 saturated heterocycles. The summed E-state index contributed by atoms with van der Waals surface area (Å²) in [5.74, 6) is 0. The van der Waals surface area contributed by atoms with Crippen LogP contribution in [0.4, 0.5) is 0 Å². The monoisotopic (exact) mass is 391 g/mol. The molecule has 0 fully saturated rings. The van der Waals surface area contributed by atoms with Gasteiger partial charge in [0.05, 0.1) is 22.4 Å². The van der Waals surface area contributed by atoms with Gasteiger partial charge in [-0.15, -0.1) is 11.3 Å². The molecule has 98 valence electrons. The minimum Gasteiger partial charge on any atom is -0.304 e. The molecule has 0 saturated carbocycles. The first kappa shape index (κ1) is 14.2. The van der Waals surface area contributed by atoms with Crippen molar-refractivity contribution in [1.29, 1.82) is 0 Å². The molecule has 0 aliphatic rings. The van der Waals surface area contributed by atoms with Crippen LogP contribution in [0.1, 0.15) is 30.0 Å². The molecule has 0 bridgehead atoms. The summed E-state index contributed by atoms with van der Waals surface area (Å²) in [5, 5.41) is 9.99. The number of nitrogens with zero attached hydrogens (tertiary/aromatic N) is 2. The molecule has 6 heteroatoms. The minimum absolute atomic E-state index is 0.183. The molecular formula is C12H15Br2N3S. The van der Waals surface area contributed by atoms with Crippen LogP contribution in [-0.2, 0) is 7.05 Å². The van der Waals surface area contributed by atoms with Crippen molar-refractivity contribution in [2.45, 2.75) is 19.4 Å². The Morgan fingerprint density at radius 1 is 1.50 bits per heavy atom. The number of aryl methyl sites for hydroxylation is 1. The molecule has 1 atom stereocenters. The summed E-state index contributed by atoms with van der Waals surface area (Å²) in [6.07, 6.45) is 2.96. The normalized spacial score (nSPS) is 12.9. The third kappa shape index (κ3) is 3.04. The summed E-state index contributed by atoms with van der Waals surface area (Å²) in [7, 11) is 1.98. The summed E-state index contributed by atoms with van der Waals surface area (Å²) in [6.45, 7) is 3.16. The molecule has 3 nitrogen and oxygen atoms in total. The summed E-state index contributed by atoms with van der Waals surface area (Å²) in [5.41, 5.74) is 1.16. The van der Waals surface area contributed by atoms with Gasteiger partial charge in [0.1, 0.15) is 0 Å². The van der Waals surface area contributed by atoms with Crippen LogP contribution in [0, 0.1) is 0 Å². The van der Waals surface area contributed by atoms with E-state index in [1.54, 1.807) is 11.3 Å². The number of aromatic nitrogens is 2. The van der Waals surface area contributed by atoms with E-state index < -0.39 is 0 Å². The lowest BCUT2D eigenvalue weighted by atomic mass is 10.1. The number of halogens is 2. The Labute approximate surface area is 128 Å². The van der Waals surface area contributed by atoms with Crippen molar-refractivity contribution in [3.05, 3.63) is 37.2 Å². The quantitative estimate of drug-likeness (QED) is 0.830. The Balaban J connectivity index is 2.36. The highest BCUT2D eigenvalue weighted by Crippen LogP contribution is 2.33. The number of hydrogen-bond donors (Lipinski definition) is 1. The number of nitrogens with one attached hydrogen (secondary N) is 1. The lowest BCUT2D eigenvalue weighted by molar-refractivity contribution is 0.558. The van der Waals surface area contributed by atoms with E-state index in [2.05, 4.69) is 60.6 Å². The van der Waals surface area contributed by atoms with Gasteiger partial charge in [-0.2, -0.15) is 5.10 Å². The Morgan fingerprint density at radius 2 is 2.28 bits per heavy atom. The van der Waals surface area contributed by atoms with Gasteiger partial charge in [0.15, 0.2) is 0 Å². The van der Waals surface area contributed by atoms with E-state index in [0.29, 0.717) is 0 Å². The third-order valence-electron chi connectivity index (χ3n) is 2.68. The molecule has 0 spiro atoms. The van der Waals surface area contributed by atoms with Crippen LogP contribution in [-0.4, -0.2) is 16.3 Å². The number of hydrogen-bond acceptors (Lipinski definition) is 3. The highest BCUT2D eigenvalue weighted by Gasteiger charge is 2.21. The molecule has 0 aliphatic carbocycles. The van der Waals surface area contributed by atoms with Gasteiger partial charge in [0, 0.05) is 21.8 Å². The minimum atomic E-state index is 0.183. The van der Waals surface area contributed by atoms with E-state index in [9.17, 15) is 0 Å². The smallest absolute Gasteiger partial charge is 0.0853 e. The molecule has 2 rings (SSSR count). The van der Waals surface area contributed by atoms with Gasteiger partial charge < -0.3 is 5.32 Å². The van der Waals surface area contributed by atoms with Crippen LogP contribution in [0.2, 0.25) is 0 Å². The molecule has 2 heterocycles. The van der Waals surface area contributed by atoms with Crippen LogP contribution >= 0.6 is 43.2 Å². The van der Waals surface area contributed by atoms with E-state index in [4.69, 9.17) is 0 Å². The molecule has 1 N–H and O–H groups in total. The standard InChI is InChI=1S/C12H15Br2N3S/c1-3-4-15-11(10-5-8(13)7-18-10)12-9(14)6-16-17(12)2/h5-7,11,15H,3-4H2,1-2H3. The van der Waals surface area contributed by atoms with Crippen LogP contribution in [0.15, 0.2) is 26.6 Å². The zero-order chi connectivity index (χ0) is 13.1. The van der Waals surface area contributed by atoms with Crippen LogP contribution in [0.25, 0.3) is 0 Å². The van der Waals surface area contributed by atoms with E-state index in [-0.39, 0.29) is 6.04 Å². The summed E-state index contributed by atoms with van der Waals surface area (Å²) in [4.78, 5) is 1.29. The van der Waals surface area contributed by atoms with E-state index in [1.807, 2.05) is 17.9 Å². The van der Waals surface area contributed by atoms with Gasteiger partial charge >= 0.3 is 0 Å². The average molecular weight is 393 g/mol. The lowest BCUT2D eigenvalue weighted by Gasteiger charge is -2.18. The lowest BCUT2D eigenvalue weighted by Crippen LogP contribution is -2.24. The van der Waals surface area contributed by atoms with E-state index in [1.165, 1.54) is 4.88 Å². The second kappa shape index (κ2) is 6.32. The first-order chi connectivity index (χ1) is 8.63. The summed E-state index contributed by atoms with van der Waals surface area (Å²) in [6, 6.07) is 2.35. The molecule has 2 aromatic rings. The van der Waals surface area contributed by atoms with Crippen molar-refractivity contribution < 1.29 is 0 Å². The van der Waals surface area contributed by atoms with Gasteiger partial charge in [0.2, 0.25) is 0 Å². The first-order valence-corrected chi connectivity index (χ1v) is 8.24. The number of rotatable bonds is 5. The number of thiophene rings is 1. The van der Waals surface area contributed by atoms with Crippen molar-refractivity contribution in [3.63, 3.8) is 0 Å². The van der Waals surface area contributed by atoms with E-state index in [0.717, 1.165) is 27.6 Å². The molecule has 0 aromatic carbocycles. The van der Waals surface area contributed by atoms with Gasteiger partial charge in [-0.25, -0.2) is 0 Å². The zero-order valence-electron chi connectivity index (χ0n) is 10.3. The van der Waals surface area contributed by atoms with Crippen LogP contribution in [0.3, 0.4) is 0 Å². The van der Waals surface area contributed by atoms with Crippen LogP contribution < -0.4 is 5.32 Å². The van der Waals surface area contributed by atoms with Crippen molar-refractivity contribution in [2.75, 3.05) is 6.54 Å². The molecule has 18 heavy (non-hydrogen) atoms. The largest absolute Gasteiger partial charge is 0.304 e. The highest BCUT2D eigenvalue weighted by atomic mass is 79.9. The van der Waals surface area contributed by atoms with Gasteiger partial charge in [-0.05, 0) is 50.9 Å². The van der Waals surface area contributed by atoms with E-state index >= 15 is 0 Å². The second-order valence-electron chi connectivity index (χ2n) is 4.06. The molecule has 1 unspecified atom stereocenters. The third-order valence-corrected chi connectivity index (χ3v) is 5.05.